The van der Waals surface area contributed by atoms with Crippen molar-refractivity contribution in [3.8, 4) is 33.5 Å². The van der Waals surface area contributed by atoms with Gasteiger partial charge in [-0.05, 0) is 95.1 Å². The van der Waals surface area contributed by atoms with Gasteiger partial charge in [0.1, 0.15) is 5.58 Å². The number of benzene rings is 6. The second-order valence-electron chi connectivity index (χ2n) is 13.3. The first-order valence-corrected chi connectivity index (χ1v) is 18.2. The molecule has 0 spiro atoms. The molecule has 0 amide bonds. The van der Waals surface area contributed by atoms with Gasteiger partial charge in [0.05, 0.1) is 11.4 Å². The molecule has 0 bridgehead atoms. The molecule has 0 saturated carbocycles. The van der Waals surface area contributed by atoms with E-state index in [2.05, 4.69) is 173 Å². The lowest BCUT2D eigenvalue weighted by Crippen LogP contribution is -2.17. The van der Waals surface area contributed by atoms with E-state index in [1.165, 1.54) is 11.1 Å². The van der Waals surface area contributed by atoms with E-state index in [9.17, 15) is 0 Å². The summed E-state index contributed by atoms with van der Waals surface area (Å²) in [5.74, 6) is 0.790. The van der Waals surface area contributed by atoms with E-state index in [4.69, 9.17) is 4.42 Å². The van der Waals surface area contributed by atoms with Crippen molar-refractivity contribution in [2.24, 2.45) is 0 Å². The lowest BCUT2D eigenvalue weighted by atomic mass is 10.0. The predicted octanol–water partition coefficient (Wildman–Crippen LogP) is 13.6. The van der Waals surface area contributed by atoms with Crippen LogP contribution in [0.25, 0.3) is 50.1 Å². The zero-order valence-corrected chi connectivity index (χ0v) is 29.7. The molecule has 1 aliphatic rings. The molecule has 0 radical (unpaired) electrons. The molecule has 3 heterocycles. The Bertz CT molecular complexity index is 2540. The molecule has 1 aliphatic heterocycles. The summed E-state index contributed by atoms with van der Waals surface area (Å²) >= 11 is 0. The minimum atomic E-state index is 0.695. The predicted molar refractivity (Wildman–Crippen MR) is 226 cm³/mol. The molecule has 54 heavy (non-hydrogen) atoms. The number of fused-ring (bicyclic) bond motifs is 3. The number of furan rings is 1. The standard InChI is InChI=1S/C50H37N3O/c1-36-13-4-3-11-34-52(49-46-18-7-8-20-48(46)54-50(36)49)42-27-21-39(22-28-42)41-16-12-17-45(35-41)53(43-29-23-38(24-30-43)37-14-5-2-6-15-37)44-31-25-40(26-32-44)47-19-9-10-33-51-47/h2-33,35H,1,34H2/b11-3-,13-4-. The van der Waals surface area contributed by atoms with E-state index in [0.29, 0.717) is 6.54 Å². The van der Waals surface area contributed by atoms with Crippen LogP contribution in [0.15, 0.2) is 211 Å². The van der Waals surface area contributed by atoms with Gasteiger partial charge in [-0.25, -0.2) is 0 Å². The van der Waals surface area contributed by atoms with Crippen molar-refractivity contribution in [2.45, 2.75) is 0 Å². The van der Waals surface area contributed by atoms with E-state index in [1.54, 1.807) is 0 Å². The van der Waals surface area contributed by atoms with E-state index in [-0.39, 0.29) is 0 Å². The molecule has 0 saturated heterocycles. The van der Waals surface area contributed by atoms with Crippen molar-refractivity contribution >= 4 is 45.0 Å². The second kappa shape index (κ2) is 14.5. The molecule has 0 fully saturated rings. The average molecular weight is 696 g/mol. The average Bonchev–Trinajstić information content (AvgIpc) is 3.65. The Balaban J connectivity index is 1.08. The minimum Gasteiger partial charge on any atom is -0.454 e. The summed E-state index contributed by atoms with van der Waals surface area (Å²) in [5.41, 5.74) is 13.7. The zero-order valence-electron chi connectivity index (χ0n) is 29.7. The Morgan fingerprint density at radius 2 is 1.20 bits per heavy atom. The highest BCUT2D eigenvalue weighted by Crippen LogP contribution is 2.43. The number of allylic oxidation sites excluding steroid dienone is 4. The van der Waals surface area contributed by atoms with Crippen LogP contribution in [0.4, 0.5) is 28.4 Å². The fourth-order valence-corrected chi connectivity index (χ4v) is 7.19. The van der Waals surface area contributed by atoms with Gasteiger partial charge in [-0.2, -0.15) is 0 Å². The molecule has 2 aromatic heterocycles. The van der Waals surface area contributed by atoms with Crippen LogP contribution in [0, 0.1) is 0 Å². The monoisotopic (exact) mass is 695 g/mol. The molecule has 0 atom stereocenters. The number of hydrogen-bond donors (Lipinski definition) is 0. The Morgan fingerprint density at radius 3 is 1.96 bits per heavy atom. The van der Waals surface area contributed by atoms with Gasteiger partial charge in [0, 0.05) is 52.0 Å². The van der Waals surface area contributed by atoms with Gasteiger partial charge in [0.25, 0.3) is 0 Å². The summed E-state index contributed by atoms with van der Waals surface area (Å²) in [7, 11) is 0. The highest BCUT2D eigenvalue weighted by molar-refractivity contribution is 6.00. The molecular weight excluding hydrogens is 659 g/mol. The molecule has 0 unspecified atom stereocenters. The molecule has 4 heteroatoms. The molecule has 8 aromatic rings. The van der Waals surface area contributed by atoms with Crippen molar-refractivity contribution in [3.63, 3.8) is 0 Å². The molecule has 9 rings (SSSR count). The first-order valence-electron chi connectivity index (χ1n) is 18.2. The number of rotatable bonds is 7. The smallest absolute Gasteiger partial charge is 0.158 e. The molecule has 4 nitrogen and oxygen atoms in total. The third-order valence-corrected chi connectivity index (χ3v) is 9.90. The number of pyridine rings is 1. The number of para-hydroxylation sites is 1. The minimum absolute atomic E-state index is 0.695. The third-order valence-electron chi connectivity index (χ3n) is 9.90. The number of aromatic nitrogens is 1. The number of anilines is 5. The van der Waals surface area contributed by atoms with Gasteiger partial charge in [-0.15, -0.1) is 0 Å². The highest BCUT2D eigenvalue weighted by atomic mass is 16.3. The molecule has 258 valence electrons. The molecule has 0 N–H and O–H groups in total. The summed E-state index contributed by atoms with van der Waals surface area (Å²) < 4.78 is 6.38. The first-order chi connectivity index (χ1) is 26.7. The SMILES string of the molecule is C=C1/C=C\C=C/CN(c2ccc(-c3cccc(N(c4ccc(-c5ccccc5)cc4)c4ccc(-c5ccccn5)cc4)c3)cc2)c2c1oc1ccccc21. The van der Waals surface area contributed by atoms with Crippen LogP contribution in [0.1, 0.15) is 5.76 Å². The van der Waals surface area contributed by atoms with Crippen LogP contribution < -0.4 is 9.80 Å². The first kappa shape index (κ1) is 32.7. The van der Waals surface area contributed by atoms with Gasteiger partial charge in [0.2, 0.25) is 0 Å². The van der Waals surface area contributed by atoms with Crippen LogP contribution >= 0.6 is 0 Å². The van der Waals surface area contributed by atoms with Crippen molar-refractivity contribution in [1.29, 1.82) is 0 Å². The fourth-order valence-electron chi connectivity index (χ4n) is 7.19. The van der Waals surface area contributed by atoms with Crippen molar-refractivity contribution in [3.05, 3.63) is 213 Å². The largest absolute Gasteiger partial charge is 0.454 e. The topological polar surface area (TPSA) is 32.5 Å². The van der Waals surface area contributed by atoms with E-state index in [1.807, 2.05) is 48.7 Å². The fraction of sp³-hybridized carbons (Fsp3) is 0.0200. The quantitative estimate of drug-likeness (QED) is 0.166. The summed E-state index contributed by atoms with van der Waals surface area (Å²) in [5, 5.41) is 1.07. The van der Waals surface area contributed by atoms with Gasteiger partial charge in [-0.3, -0.25) is 4.98 Å². The summed E-state index contributed by atoms with van der Waals surface area (Å²) in [6.07, 6.45) is 10.1. The lowest BCUT2D eigenvalue weighted by molar-refractivity contribution is 0.601. The number of nitrogens with zero attached hydrogens (tertiary/aromatic N) is 3. The van der Waals surface area contributed by atoms with E-state index >= 15 is 0 Å². The van der Waals surface area contributed by atoms with Crippen molar-refractivity contribution in [2.75, 3.05) is 16.3 Å². The summed E-state index contributed by atoms with van der Waals surface area (Å²) in [4.78, 5) is 9.19. The third kappa shape index (κ3) is 6.42. The number of hydrogen-bond acceptors (Lipinski definition) is 4. The maximum atomic E-state index is 6.38. The van der Waals surface area contributed by atoms with E-state index in [0.717, 1.165) is 73.1 Å². The van der Waals surface area contributed by atoms with Crippen LogP contribution in [0.2, 0.25) is 0 Å². The van der Waals surface area contributed by atoms with Gasteiger partial charge < -0.3 is 14.2 Å². The van der Waals surface area contributed by atoms with Crippen LogP contribution in [-0.4, -0.2) is 11.5 Å². The Kier molecular flexibility index (Phi) is 8.76. The maximum Gasteiger partial charge on any atom is 0.158 e. The Labute approximate surface area is 315 Å². The van der Waals surface area contributed by atoms with Gasteiger partial charge >= 0.3 is 0 Å². The van der Waals surface area contributed by atoms with E-state index < -0.39 is 0 Å². The van der Waals surface area contributed by atoms with Crippen LogP contribution in [0.3, 0.4) is 0 Å². The molecular formula is C50H37N3O. The Morgan fingerprint density at radius 1 is 0.556 bits per heavy atom. The molecule has 0 aliphatic carbocycles. The molecule has 6 aromatic carbocycles. The van der Waals surface area contributed by atoms with Crippen molar-refractivity contribution in [1.82, 2.24) is 4.98 Å². The second-order valence-corrected chi connectivity index (χ2v) is 13.3. The van der Waals surface area contributed by atoms with Gasteiger partial charge in [0.15, 0.2) is 5.76 Å². The Hall–Kier alpha value is -7.17. The summed E-state index contributed by atoms with van der Waals surface area (Å²) in [6.45, 7) is 5.03. The van der Waals surface area contributed by atoms with Crippen molar-refractivity contribution < 1.29 is 4.42 Å². The summed E-state index contributed by atoms with van der Waals surface area (Å²) in [6, 6.07) is 59.8. The normalized spacial score (nSPS) is 13.8. The lowest BCUT2D eigenvalue weighted by Gasteiger charge is -2.26. The highest BCUT2D eigenvalue weighted by Gasteiger charge is 2.23. The zero-order chi connectivity index (χ0) is 36.3. The van der Waals surface area contributed by atoms with Crippen LogP contribution in [-0.2, 0) is 0 Å². The van der Waals surface area contributed by atoms with Crippen LogP contribution in [0.5, 0.6) is 0 Å². The van der Waals surface area contributed by atoms with Gasteiger partial charge in [-0.1, -0.05) is 128 Å². The maximum absolute atomic E-state index is 6.38.